The zero-order valence-corrected chi connectivity index (χ0v) is 11.4. The van der Waals surface area contributed by atoms with Crippen molar-refractivity contribution in [1.82, 2.24) is 0 Å². The minimum absolute atomic E-state index is 0.193. The van der Waals surface area contributed by atoms with E-state index >= 15 is 0 Å². The minimum atomic E-state index is -0.981. The van der Waals surface area contributed by atoms with Gasteiger partial charge in [-0.3, -0.25) is 0 Å². The van der Waals surface area contributed by atoms with Gasteiger partial charge in [0.15, 0.2) is 0 Å². The van der Waals surface area contributed by atoms with Gasteiger partial charge in [0.05, 0.1) is 6.54 Å². The third-order valence-electron chi connectivity index (χ3n) is 2.84. The number of benzene rings is 1. The zero-order chi connectivity index (χ0) is 14.0. The number of furan rings is 1. The first kappa shape index (κ1) is 13.5. The Hall–Kier alpha value is -1.94. The molecule has 19 heavy (non-hydrogen) atoms. The lowest BCUT2D eigenvalue weighted by Gasteiger charge is -2.06. The normalized spacial score (nSPS) is 10.5. The number of halogens is 1. The van der Waals surface area contributed by atoms with Crippen LogP contribution in [0, 0.1) is 13.8 Å². The van der Waals surface area contributed by atoms with Gasteiger partial charge in [-0.25, -0.2) is 4.79 Å². The summed E-state index contributed by atoms with van der Waals surface area (Å²) < 4.78 is 5.38. The molecule has 2 aromatic rings. The first-order valence-corrected chi connectivity index (χ1v) is 6.18. The average molecular weight is 280 g/mol. The van der Waals surface area contributed by atoms with Crippen LogP contribution in [0.5, 0.6) is 0 Å². The molecule has 0 atom stereocenters. The summed E-state index contributed by atoms with van der Waals surface area (Å²) in [5.41, 5.74) is 2.06. The highest BCUT2D eigenvalue weighted by Gasteiger charge is 2.13. The van der Waals surface area contributed by atoms with Crippen molar-refractivity contribution in [1.29, 1.82) is 0 Å². The van der Waals surface area contributed by atoms with Crippen molar-refractivity contribution in [2.24, 2.45) is 0 Å². The van der Waals surface area contributed by atoms with Gasteiger partial charge < -0.3 is 14.8 Å². The van der Waals surface area contributed by atoms with E-state index in [1.165, 1.54) is 6.07 Å². The summed E-state index contributed by atoms with van der Waals surface area (Å²) in [5, 5.41) is 12.8. The molecule has 1 aromatic carbocycles. The van der Waals surface area contributed by atoms with Gasteiger partial charge in [-0.1, -0.05) is 17.7 Å². The standard InChI is InChI=1S/C14H14ClNO3/c1-8-3-4-10(5-13(8)15)16-7-11-6-12(14(17)18)9(2)19-11/h3-6,16H,7H2,1-2H3,(H,17,18). The highest BCUT2D eigenvalue weighted by atomic mass is 35.5. The number of nitrogens with one attached hydrogen (secondary N) is 1. The van der Waals surface area contributed by atoms with Crippen LogP contribution in [-0.4, -0.2) is 11.1 Å². The summed E-state index contributed by atoms with van der Waals surface area (Å²) in [4.78, 5) is 10.9. The summed E-state index contributed by atoms with van der Waals surface area (Å²) in [6, 6.07) is 7.18. The molecule has 2 rings (SSSR count). The van der Waals surface area contributed by atoms with E-state index in [4.69, 9.17) is 21.1 Å². The van der Waals surface area contributed by atoms with E-state index in [-0.39, 0.29) is 5.56 Å². The van der Waals surface area contributed by atoms with Gasteiger partial charge in [-0.05, 0) is 37.6 Å². The lowest BCUT2D eigenvalue weighted by Crippen LogP contribution is -1.98. The van der Waals surface area contributed by atoms with Gasteiger partial charge in [0.1, 0.15) is 17.1 Å². The van der Waals surface area contributed by atoms with Gasteiger partial charge in [0.2, 0.25) is 0 Å². The van der Waals surface area contributed by atoms with Crippen molar-refractivity contribution in [2.45, 2.75) is 20.4 Å². The molecule has 0 aliphatic heterocycles. The number of rotatable bonds is 4. The molecule has 0 amide bonds. The summed E-state index contributed by atoms with van der Waals surface area (Å²) in [5.74, 6) is 0.00344. The van der Waals surface area contributed by atoms with Gasteiger partial charge in [0.25, 0.3) is 0 Å². The van der Waals surface area contributed by atoms with Crippen LogP contribution in [0.4, 0.5) is 5.69 Å². The van der Waals surface area contributed by atoms with Crippen LogP contribution < -0.4 is 5.32 Å². The topological polar surface area (TPSA) is 62.5 Å². The molecule has 0 spiro atoms. The number of carbonyl (C=O) groups is 1. The van der Waals surface area contributed by atoms with Gasteiger partial charge in [-0.15, -0.1) is 0 Å². The Morgan fingerprint density at radius 3 is 2.68 bits per heavy atom. The van der Waals surface area contributed by atoms with Crippen molar-refractivity contribution in [3.63, 3.8) is 0 Å². The number of hydrogen-bond acceptors (Lipinski definition) is 3. The Morgan fingerprint density at radius 1 is 1.37 bits per heavy atom. The van der Waals surface area contributed by atoms with E-state index in [0.717, 1.165) is 11.3 Å². The third-order valence-corrected chi connectivity index (χ3v) is 3.24. The maximum Gasteiger partial charge on any atom is 0.339 e. The molecule has 0 aliphatic carbocycles. The summed E-state index contributed by atoms with van der Waals surface area (Å²) in [6.07, 6.45) is 0. The monoisotopic (exact) mass is 279 g/mol. The fourth-order valence-electron chi connectivity index (χ4n) is 1.74. The maximum atomic E-state index is 10.9. The highest BCUT2D eigenvalue weighted by molar-refractivity contribution is 6.31. The summed E-state index contributed by atoms with van der Waals surface area (Å²) in [7, 11) is 0. The summed E-state index contributed by atoms with van der Waals surface area (Å²) >= 11 is 6.03. The second-order valence-electron chi connectivity index (χ2n) is 4.31. The van der Waals surface area contributed by atoms with Crippen molar-refractivity contribution in [2.75, 3.05) is 5.32 Å². The molecule has 0 radical (unpaired) electrons. The highest BCUT2D eigenvalue weighted by Crippen LogP contribution is 2.21. The molecule has 0 fully saturated rings. The molecule has 1 heterocycles. The van der Waals surface area contributed by atoms with E-state index in [1.807, 2.05) is 25.1 Å². The Kier molecular flexibility index (Phi) is 3.81. The molecule has 2 N–H and O–H groups in total. The van der Waals surface area contributed by atoms with Crippen LogP contribution in [0.25, 0.3) is 0 Å². The van der Waals surface area contributed by atoms with Crippen LogP contribution in [0.1, 0.15) is 27.4 Å². The molecule has 5 heteroatoms. The largest absolute Gasteiger partial charge is 0.478 e. The molecule has 100 valence electrons. The molecular weight excluding hydrogens is 266 g/mol. The number of anilines is 1. The van der Waals surface area contributed by atoms with E-state index in [0.29, 0.717) is 23.1 Å². The Morgan fingerprint density at radius 2 is 2.11 bits per heavy atom. The second kappa shape index (κ2) is 5.36. The Balaban J connectivity index is 2.08. The number of carboxylic acid groups (broad SMARTS) is 1. The molecule has 4 nitrogen and oxygen atoms in total. The SMILES string of the molecule is Cc1ccc(NCc2cc(C(=O)O)c(C)o2)cc1Cl. The van der Waals surface area contributed by atoms with Crippen LogP contribution in [0.3, 0.4) is 0 Å². The van der Waals surface area contributed by atoms with Crippen LogP contribution in [0.2, 0.25) is 5.02 Å². The first-order chi connectivity index (χ1) is 8.97. The number of carboxylic acids is 1. The minimum Gasteiger partial charge on any atom is -0.478 e. The molecule has 0 saturated heterocycles. The lowest BCUT2D eigenvalue weighted by molar-refractivity contribution is 0.0695. The predicted molar refractivity (Wildman–Crippen MR) is 73.9 cm³/mol. The van der Waals surface area contributed by atoms with E-state index in [9.17, 15) is 4.79 Å². The van der Waals surface area contributed by atoms with Crippen LogP contribution >= 0.6 is 11.6 Å². The van der Waals surface area contributed by atoms with E-state index in [1.54, 1.807) is 6.92 Å². The first-order valence-electron chi connectivity index (χ1n) is 5.80. The van der Waals surface area contributed by atoms with Crippen LogP contribution in [-0.2, 0) is 6.54 Å². The smallest absolute Gasteiger partial charge is 0.339 e. The number of aromatic carboxylic acids is 1. The van der Waals surface area contributed by atoms with Gasteiger partial charge in [-0.2, -0.15) is 0 Å². The number of hydrogen-bond donors (Lipinski definition) is 2. The fourth-order valence-corrected chi connectivity index (χ4v) is 1.92. The molecule has 0 unspecified atom stereocenters. The maximum absolute atomic E-state index is 10.9. The Bertz CT molecular complexity index is 619. The van der Waals surface area contributed by atoms with Gasteiger partial charge >= 0.3 is 5.97 Å². The van der Waals surface area contributed by atoms with Crippen molar-refractivity contribution in [3.8, 4) is 0 Å². The fraction of sp³-hybridized carbons (Fsp3) is 0.214. The quantitative estimate of drug-likeness (QED) is 0.892. The van der Waals surface area contributed by atoms with E-state index < -0.39 is 5.97 Å². The molecule has 0 saturated carbocycles. The van der Waals surface area contributed by atoms with E-state index in [2.05, 4.69) is 5.32 Å². The predicted octanol–water partition coefficient (Wildman–Crippen LogP) is 3.86. The average Bonchev–Trinajstić information content (AvgIpc) is 2.72. The summed E-state index contributed by atoms with van der Waals surface area (Å²) in [6.45, 7) is 3.98. The molecule has 0 bridgehead atoms. The second-order valence-corrected chi connectivity index (χ2v) is 4.71. The Labute approximate surface area is 116 Å². The van der Waals surface area contributed by atoms with Crippen molar-refractivity contribution < 1.29 is 14.3 Å². The van der Waals surface area contributed by atoms with Gasteiger partial charge in [0, 0.05) is 10.7 Å². The lowest BCUT2D eigenvalue weighted by atomic mass is 10.2. The number of aryl methyl sites for hydroxylation is 2. The molecular formula is C14H14ClNO3. The third kappa shape index (κ3) is 3.09. The van der Waals surface area contributed by atoms with Crippen molar-refractivity contribution in [3.05, 3.63) is 51.9 Å². The zero-order valence-electron chi connectivity index (χ0n) is 10.7. The van der Waals surface area contributed by atoms with Crippen LogP contribution in [0.15, 0.2) is 28.7 Å². The van der Waals surface area contributed by atoms with Crippen molar-refractivity contribution >= 4 is 23.3 Å². The molecule has 0 aliphatic rings. The molecule has 1 aromatic heterocycles.